The number of carbonyl (C=O) groups excluding carboxylic acids is 1. The minimum absolute atomic E-state index is 0.122. The van der Waals surface area contributed by atoms with Crippen molar-refractivity contribution in [2.24, 2.45) is 0 Å². The van der Waals surface area contributed by atoms with E-state index in [1.807, 2.05) is 30.3 Å². The summed E-state index contributed by atoms with van der Waals surface area (Å²) in [5.41, 5.74) is 2.53. The lowest BCUT2D eigenvalue weighted by Gasteiger charge is -2.27. The normalized spacial score (nSPS) is 18.7. The largest absolute Gasteiger partial charge is 0.482 e. The summed E-state index contributed by atoms with van der Waals surface area (Å²) in [6, 6.07) is 13.0. The van der Waals surface area contributed by atoms with Crippen LogP contribution in [-0.4, -0.2) is 55.1 Å². The number of hydrogen-bond acceptors (Lipinski definition) is 5. The first-order chi connectivity index (χ1) is 13.6. The summed E-state index contributed by atoms with van der Waals surface area (Å²) in [6.07, 6.45) is 0.558. The fourth-order valence-corrected chi connectivity index (χ4v) is 3.48. The maximum atomic E-state index is 12.3. The van der Waals surface area contributed by atoms with Crippen LogP contribution in [-0.2, 0) is 9.53 Å². The third-order valence-electron chi connectivity index (χ3n) is 4.68. The number of fused-ring (bicyclic) bond motifs is 1. The van der Waals surface area contributed by atoms with Crippen LogP contribution in [0.5, 0.6) is 11.5 Å². The first-order valence-corrected chi connectivity index (χ1v) is 9.44. The number of ether oxygens (including phenoxy) is 3. The molecule has 2 aliphatic heterocycles. The Morgan fingerprint density at radius 3 is 2.71 bits per heavy atom. The molecule has 0 spiro atoms. The molecule has 0 aromatic heterocycles. The molecule has 2 aliphatic rings. The van der Waals surface area contributed by atoms with Gasteiger partial charge in [-0.3, -0.25) is 4.79 Å². The summed E-state index contributed by atoms with van der Waals surface area (Å²) in [5.74, 6) is 0.665. The van der Waals surface area contributed by atoms with E-state index in [0.29, 0.717) is 42.8 Å². The lowest BCUT2D eigenvalue weighted by atomic mass is 9.95. The van der Waals surface area contributed by atoms with Gasteiger partial charge < -0.3 is 24.2 Å². The van der Waals surface area contributed by atoms with Gasteiger partial charge in [0.1, 0.15) is 11.5 Å². The van der Waals surface area contributed by atoms with Crippen molar-refractivity contribution in [1.82, 2.24) is 4.90 Å². The van der Waals surface area contributed by atoms with Gasteiger partial charge in [0.05, 0.1) is 18.2 Å². The number of carbonyl (C=O) groups is 1. The van der Waals surface area contributed by atoms with Gasteiger partial charge in [0.15, 0.2) is 6.61 Å². The summed E-state index contributed by atoms with van der Waals surface area (Å²) < 4.78 is 16.4. The predicted molar refractivity (Wildman–Crippen MR) is 105 cm³/mol. The van der Waals surface area contributed by atoms with E-state index in [1.54, 1.807) is 23.1 Å². The van der Waals surface area contributed by atoms with Gasteiger partial charge in [0.25, 0.3) is 5.91 Å². The Morgan fingerprint density at radius 2 is 1.96 bits per heavy atom. The van der Waals surface area contributed by atoms with Crippen LogP contribution in [0, 0.1) is 0 Å². The van der Waals surface area contributed by atoms with Crippen molar-refractivity contribution in [3.8, 4) is 11.5 Å². The quantitative estimate of drug-likeness (QED) is 0.853. The Morgan fingerprint density at radius 1 is 1.21 bits per heavy atom. The Bertz CT molecular complexity index is 893. The summed E-state index contributed by atoms with van der Waals surface area (Å²) in [5, 5.41) is 10.5. The number of morpholine rings is 1. The van der Waals surface area contributed by atoms with E-state index in [-0.39, 0.29) is 12.5 Å². The van der Waals surface area contributed by atoms with Crippen LogP contribution in [0.2, 0.25) is 5.02 Å². The Labute approximate surface area is 167 Å². The van der Waals surface area contributed by atoms with Crippen LogP contribution in [0.25, 0.3) is 5.57 Å². The number of benzene rings is 2. The number of nitrogens with zero attached hydrogens (tertiary/aromatic N) is 1. The molecule has 1 N–H and O–H groups in total. The highest BCUT2D eigenvalue weighted by atomic mass is 35.5. The second-order valence-corrected chi connectivity index (χ2v) is 6.92. The number of amides is 1. The van der Waals surface area contributed by atoms with Gasteiger partial charge >= 0.3 is 0 Å². The molecule has 6 nitrogen and oxygen atoms in total. The molecule has 0 radical (unpaired) electrons. The third kappa shape index (κ3) is 3.99. The molecule has 1 saturated heterocycles. The minimum atomic E-state index is -1.08. The highest BCUT2D eigenvalue weighted by molar-refractivity contribution is 6.32. The van der Waals surface area contributed by atoms with E-state index in [1.165, 1.54) is 0 Å². The Balaban J connectivity index is 1.55. The van der Waals surface area contributed by atoms with Crippen LogP contribution in [0.1, 0.15) is 11.1 Å². The highest BCUT2D eigenvalue weighted by Crippen LogP contribution is 2.41. The number of hydrogen-bond donors (Lipinski definition) is 1. The molecule has 2 aromatic rings. The molecule has 4 rings (SSSR count). The molecule has 0 bridgehead atoms. The fourth-order valence-electron chi connectivity index (χ4n) is 3.26. The van der Waals surface area contributed by atoms with Crippen LogP contribution in [0.3, 0.4) is 0 Å². The maximum absolute atomic E-state index is 12.3. The van der Waals surface area contributed by atoms with Crippen molar-refractivity contribution >= 4 is 23.1 Å². The lowest BCUT2D eigenvalue weighted by molar-refractivity contribution is -0.137. The topological polar surface area (TPSA) is 68.2 Å². The molecule has 28 heavy (non-hydrogen) atoms. The zero-order valence-corrected chi connectivity index (χ0v) is 15.9. The Kier molecular flexibility index (Phi) is 5.52. The molecule has 7 heteroatoms. The molecular formula is C21H20ClNO5. The van der Waals surface area contributed by atoms with Gasteiger partial charge in [0.2, 0.25) is 6.29 Å². The summed E-state index contributed by atoms with van der Waals surface area (Å²) in [7, 11) is 0. The van der Waals surface area contributed by atoms with Gasteiger partial charge in [0, 0.05) is 24.7 Å². The number of aliphatic hydroxyl groups excluding tert-OH is 1. The van der Waals surface area contributed by atoms with Crippen molar-refractivity contribution in [2.45, 2.75) is 6.29 Å². The van der Waals surface area contributed by atoms with E-state index in [9.17, 15) is 9.90 Å². The van der Waals surface area contributed by atoms with Crippen LogP contribution < -0.4 is 9.47 Å². The lowest BCUT2D eigenvalue weighted by Crippen LogP contribution is -2.43. The van der Waals surface area contributed by atoms with Crippen molar-refractivity contribution in [3.05, 3.63) is 64.7 Å². The van der Waals surface area contributed by atoms with Gasteiger partial charge in [-0.05, 0) is 23.3 Å². The molecule has 0 aliphatic carbocycles. The van der Waals surface area contributed by atoms with E-state index in [0.717, 1.165) is 16.7 Å². The first kappa shape index (κ1) is 18.8. The molecule has 1 unspecified atom stereocenters. The molecule has 2 aromatic carbocycles. The smallest absolute Gasteiger partial charge is 0.260 e. The average Bonchev–Trinajstić information content (AvgIpc) is 2.73. The van der Waals surface area contributed by atoms with Crippen LogP contribution >= 0.6 is 11.6 Å². The van der Waals surface area contributed by atoms with Gasteiger partial charge in [-0.1, -0.05) is 41.9 Å². The van der Waals surface area contributed by atoms with E-state index in [2.05, 4.69) is 0 Å². The van der Waals surface area contributed by atoms with Crippen molar-refractivity contribution in [3.63, 3.8) is 0 Å². The standard InChI is InChI=1S/C21H20ClNO5/c22-17-10-16-15(14-4-2-1-3-5-14)11-21(25)28-18(16)12-19(17)27-13-20(24)23-6-8-26-9-7-23/h1-5,10-12,21,25H,6-9,13H2. The molecule has 1 atom stereocenters. The van der Waals surface area contributed by atoms with Crippen molar-refractivity contribution < 1.29 is 24.1 Å². The van der Waals surface area contributed by atoms with Gasteiger partial charge in [-0.2, -0.15) is 0 Å². The van der Waals surface area contributed by atoms with E-state index < -0.39 is 6.29 Å². The fraction of sp³-hybridized carbons (Fsp3) is 0.286. The monoisotopic (exact) mass is 401 g/mol. The molecular weight excluding hydrogens is 382 g/mol. The highest BCUT2D eigenvalue weighted by Gasteiger charge is 2.24. The minimum Gasteiger partial charge on any atom is -0.482 e. The first-order valence-electron chi connectivity index (χ1n) is 9.06. The summed E-state index contributed by atoms with van der Waals surface area (Å²) >= 11 is 6.40. The molecule has 146 valence electrons. The average molecular weight is 402 g/mol. The zero-order chi connectivity index (χ0) is 19.5. The van der Waals surface area contributed by atoms with E-state index >= 15 is 0 Å². The van der Waals surface area contributed by atoms with Crippen molar-refractivity contribution in [2.75, 3.05) is 32.9 Å². The SMILES string of the molecule is O=C(COc1cc2c(cc1Cl)C(c1ccccc1)=CC(O)O2)N1CCOCC1. The predicted octanol–water partition coefficient (Wildman–Crippen LogP) is 2.72. The maximum Gasteiger partial charge on any atom is 0.260 e. The molecule has 2 heterocycles. The number of halogens is 1. The van der Waals surface area contributed by atoms with Crippen molar-refractivity contribution in [1.29, 1.82) is 0 Å². The second-order valence-electron chi connectivity index (χ2n) is 6.52. The van der Waals surface area contributed by atoms with Gasteiger partial charge in [-0.25, -0.2) is 0 Å². The zero-order valence-electron chi connectivity index (χ0n) is 15.1. The summed E-state index contributed by atoms with van der Waals surface area (Å²) in [4.78, 5) is 14.0. The number of aliphatic hydroxyl groups is 1. The number of rotatable bonds is 4. The summed E-state index contributed by atoms with van der Waals surface area (Å²) in [6.45, 7) is 2.06. The van der Waals surface area contributed by atoms with E-state index in [4.69, 9.17) is 25.8 Å². The van der Waals surface area contributed by atoms with Gasteiger partial charge in [-0.15, -0.1) is 0 Å². The molecule has 1 amide bonds. The molecule has 1 fully saturated rings. The van der Waals surface area contributed by atoms with Crippen LogP contribution in [0.15, 0.2) is 48.5 Å². The Hall–Kier alpha value is -2.54. The second kappa shape index (κ2) is 8.22. The third-order valence-corrected chi connectivity index (χ3v) is 4.98. The molecule has 0 saturated carbocycles. The van der Waals surface area contributed by atoms with Crippen LogP contribution in [0.4, 0.5) is 0 Å².